The molecule has 0 bridgehead atoms. The van der Waals surface area contributed by atoms with Gasteiger partial charge in [-0.2, -0.15) is 9.90 Å². The summed E-state index contributed by atoms with van der Waals surface area (Å²) in [6, 6.07) is 15.3. The number of nitrogens with zero attached hydrogens (tertiary/aromatic N) is 8. The Balaban J connectivity index is 1.18. The number of hydrogen-bond donors (Lipinski definition) is 1. The van der Waals surface area contributed by atoms with Gasteiger partial charge in [0.2, 0.25) is 5.95 Å². The van der Waals surface area contributed by atoms with Gasteiger partial charge in [-0.25, -0.2) is 15.0 Å². The molecule has 1 fully saturated rings. The highest BCUT2D eigenvalue weighted by atomic mass is 16.2. The van der Waals surface area contributed by atoms with Crippen LogP contribution in [0.15, 0.2) is 73.3 Å². The van der Waals surface area contributed by atoms with E-state index in [9.17, 15) is 4.79 Å². The number of benzene rings is 1. The fourth-order valence-corrected chi connectivity index (χ4v) is 3.47. The molecule has 4 heterocycles. The molecule has 32 heavy (non-hydrogen) atoms. The van der Waals surface area contributed by atoms with Gasteiger partial charge >= 0.3 is 0 Å². The highest BCUT2D eigenvalue weighted by Crippen LogP contribution is 2.17. The van der Waals surface area contributed by atoms with Gasteiger partial charge in [0.25, 0.3) is 5.91 Å². The number of carbonyl (C=O) groups excluding carboxylic acids is 1. The summed E-state index contributed by atoms with van der Waals surface area (Å²) in [5, 5.41) is 11.2. The SMILES string of the molecule is O=C(Nc1cnc(N2CCN(c3ccccn3)CC2)nc1)c1cnn(-c2ccccc2)n1. The summed E-state index contributed by atoms with van der Waals surface area (Å²) in [5.41, 5.74) is 1.49. The number of para-hydroxylation sites is 1. The maximum atomic E-state index is 12.5. The van der Waals surface area contributed by atoms with Crippen molar-refractivity contribution >= 4 is 23.4 Å². The van der Waals surface area contributed by atoms with Gasteiger partial charge in [-0.05, 0) is 24.3 Å². The zero-order chi connectivity index (χ0) is 21.8. The summed E-state index contributed by atoms with van der Waals surface area (Å²) in [6.07, 6.45) is 6.44. The Labute approximate surface area is 184 Å². The lowest BCUT2D eigenvalue weighted by Crippen LogP contribution is -2.47. The molecular formula is C22H21N9O. The molecule has 4 aromatic rings. The minimum Gasteiger partial charge on any atom is -0.353 e. The van der Waals surface area contributed by atoms with Crippen molar-refractivity contribution in [3.8, 4) is 5.69 Å². The minimum absolute atomic E-state index is 0.212. The number of aromatic nitrogens is 6. The molecule has 160 valence electrons. The van der Waals surface area contributed by atoms with Crippen molar-refractivity contribution < 1.29 is 4.79 Å². The first kappa shape index (κ1) is 19.6. The Bertz CT molecular complexity index is 1170. The van der Waals surface area contributed by atoms with Crippen LogP contribution in [0.1, 0.15) is 10.5 Å². The van der Waals surface area contributed by atoms with E-state index in [0.29, 0.717) is 11.6 Å². The van der Waals surface area contributed by atoms with Gasteiger partial charge in [0.05, 0.1) is 30.0 Å². The first-order valence-electron chi connectivity index (χ1n) is 10.3. The third-order valence-corrected chi connectivity index (χ3v) is 5.14. The van der Waals surface area contributed by atoms with Gasteiger partial charge < -0.3 is 15.1 Å². The predicted octanol–water partition coefficient (Wildman–Crippen LogP) is 2.03. The lowest BCUT2D eigenvalue weighted by molar-refractivity contribution is 0.102. The van der Waals surface area contributed by atoms with Gasteiger partial charge in [0, 0.05) is 32.4 Å². The van der Waals surface area contributed by atoms with E-state index < -0.39 is 0 Å². The van der Waals surface area contributed by atoms with Crippen molar-refractivity contribution in [2.75, 3.05) is 41.3 Å². The van der Waals surface area contributed by atoms with Crippen molar-refractivity contribution in [1.82, 2.24) is 29.9 Å². The molecular weight excluding hydrogens is 406 g/mol. The second kappa shape index (κ2) is 8.80. The van der Waals surface area contributed by atoms with Crippen LogP contribution in [0.4, 0.5) is 17.5 Å². The van der Waals surface area contributed by atoms with Gasteiger partial charge in [-0.3, -0.25) is 4.79 Å². The molecule has 0 atom stereocenters. The van der Waals surface area contributed by atoms with E-state index in [2.05, 4.69) is 40.3 Å². The van der Waals surface area contributed by atoms with E-state index in [1.54, 1.807) is 18.6 Å². The second-order valence-corrected chi connectivity index (χ2v) is 7.24. The van der Waals surface area contributed by atoms with E-state index in [1.807, 2.05) is 48.5 Å². The zero-order valence-electron chi connectivity index (χ0n) is 17.2. The quantitative estimate of drug-likeness (QED) is 0.516. The van der Waals surface area contributed by atoms with Crippen LogP contribution in [-0.4, -0.2) is 62.0 Å². The number of piperazine rings is 1. The van der Waals surface area contributed by atoms with Gasteiger partial charge in [-0.1, -0.05) is 24.3 Å². The standard InChI is InChI=1S/C22H21N9O/c32-21(19-16-26-31(28-19)18-6-2-1-3-7-18)27-17-14-24-22(25-15-17)30-12-10-29(11-13-30)20-8-4-5-9-23-20/h1-9,14-16H,10-13H2,(H,27,32). The normalized spacial score (nSPS) is 13.8. The largest absolute Gasteiger partial charge is 0.353 e. The van der Waals surface area contributed by atoms with E-state index in [-0.39, 0.29) is 11.6 Å². The minimum atomic E-state index is -0.368. The van der Waals surface area contributed by atoms with Gasteiger partial charge in [0.1, 0.15) is 5.82 Å². The van der Waals surface area contributed by atoms with Gasteiger partial charge in [0.15, 0.2) is 5.69 Å². The first-order chi connectivity index (χ1) is 15.8. The maximum Gasteiger partial charge on any atom is 0.277 e. The molecule has 1 aliphatic heterocycles. The Morgan fingerprint density at radius 1 is 0.812 bits per heavy atom. The molecule has 0 aliphatic carbocycles. The first-order valence-corrected chi connectivity index (χ1v) is 10.3. The number of nitrogens with one attached hydrogen (secondary N) is 1. The summed E-state index contributed by atoms with van der Waals surface area (Å²) in [5.74, 6) is 1.25. The van der Waals surface area contributed by atoms with Crippen LogP contribution < -0.4 is 15.1 Å². The Morgan fingerprint density at radius 2 is 1.53 bits per heavy atom. The Hall–Kier alpha value is -4.34. The summed E-state index contributed by atoms with van der Waals surface area (Å²) >= 11 is 0. The molecule has 0 radical (unpaired) electrons. The predicted molar refractivity (Wildman–Crippen MR) is 120 cm³/mol. The number of anilines is 3. The third-order valence-electron chi connectivity index (χ3n) is 5.14. The van der Waals surface area contributed by atoms with Crippen molar-refractivity contribution in [3.63, 3.8) is 0 Å². The average Bonchev–Trinajstić information content (AvgIpc) is 3.37. The molecule has 1 aliphatic rings. The van der Waals surface area contributed by atoms with Crippen LogP contribution in [0.25, 0.3) is 5.69 Å². The van der Waals surface area contributed by atoms with Crippen LogP contribution in [0.2, 0.25) is 0 Å². The van der Waals surface area contributed by atoms with Crippen molar-refractivity contribution in [2.24, 2.45) is 0 Å². The summed E-state index contributed by atoms with van der Waals surface area (Å²) in [4.78, 5) is 31.5. The molecule has 0 saturated carbocycles. The van der Waals surface area contributed by atoms with Gasteiger partial charge in [-0.15, -0.1) is 5.10 Å². The van der Waals surface area contributed by atoms with Crippen LogP contribution in [0.5, 0.6) is 0 Å². The van der Waals surface area contributed by atoms with Crippen LogP contribution in [0.3, 0.4) is 0 Å². The monoisotopic (exact) mass is 427 g/mol. The lowest BCUT2D eigenvalue weighted by Gasteiger charge is -2.35. The second-order valence-electron chi connectivity index (χ2n) is 7.24. The topological polar surface area (TPSA) is 105 Å². The molecule has 0 spiro atoms. The fraction of sp³-hybridized carbons (Fsp3) is 0.182. The summed E-state index contributed by atoms with van der Waals surface area (Å²) in [7, 11) is 0. The van der Waals surface area contributed by atoms with Crippen LogP contribution in [-0.2, 0) is 0 Å². The highest BCUT2D eigenvalue weighted by molar-refractivity contribution is 6.02. The summed E-state index contributed by atoms with van der Waals surface area (Å²) < 4.78 is 0. The molecule has 1 saturated heterocycles. The third kappa shape index (κ3) is 4.24. The lowest BCUT2D eigenvalue weighted by atomic mass is 10.3. The summed E-state index contributed by atoms with van der Waals surface area (Å²) in [6.45, 7) is 3.28. The van der Waals surface area contributed by atoms with Crippen LogP contribution >= 0.6 is 0 Å². The van der Waals surface area contributed by atoms with Crippen LogP contribution in [0, 0.1) is 0 Å². The molecule has 1 aromatic carbocycles. The van der Waals surface area contributed by atoms with E-state index >= 15 is 0 Å². The van der Waals surface area contributed by atoms with E-state index in [0.717, 1.165) is 37.7 Å². The van der Waals surface area contributed by atoms with E-state index in [4.69, 9.17) is 0 Å². The maximum absolute atomic E-state index is 12.5. The van der Waals surface area contributed by atoms with Crippen molar-refractivity contribution in [1.29, 1.82) is 0 Å². The molecule has 10 heteroatoms. The number of rotatable bonds is 5. The van der Waals surface area contributed by atoms with Crippen molar-refractivity contribution in [3.05, 3.63) is 79.0 Å². The molecule has 5 rings (SSSR count). The Morgan fingerprint density at radius 3 is 2.25 bits per heavy atom. The number of amides is 1. The molecule has 0 unspecified atom stereocenters. The Kier molecular flexibility index (Phi) is 5.39. The number of pyridine rings is 1. The van der Waals surface area contributed by atoms with E-state index in [1.165, 1.54) is 11.0 Å². The molecule has 1 amide bonds. The number of hydrogen-bond acceptors (Lipinski definition) is 8. The number of carbonyl (C=O) groups is 1. The molecule has 10 nitrogen and oxygen atoms in total. The average molecular weight is 427 g/mol. The van der Waals surface area contributed by atoms with Crippen molar-refractivity contribution in [2.45, 2.75) is 0 Å². The molecule has 1 N–H and O–H groups in total. The highest BCUT2D eigenvalue weighted by Gasteiger charge is 2.20. The fourth-order valence-electron chi connectivity index (χ4n) is 3.47. The zero-order valence-corrected chi connectivity index (χ0v) is 17.2. The molecule has 3 aromatic heterocycles. The smallest absolute Gasteiger partial charge is 0.277 e.